The summed E-state index contributed by atoms with van der Waals surface area (Å²) < 4.78 is 35.2. The van der Waals surface area contributed by atoms with E-state index in [1.165, 1.54) is 24.8 Å². The normalized spacial score (nSPS) is 11.5. The van der Waals surface area contributed by atoms with Gasteiger partial charge in [0, 0.05) is 23.5 Å². The van der Waals surface area contributed by atoms with E-state index in [1.54, 1.807) is 6.07 Å². The number of halogens is 1. The average Bonchev–Trinajstić information content (AvgIpc) is 3.09. The zero-order valence-electron chi connectivity index (χ0n) is 15.1. The molecule has 0 aliphatic carbocycles. The van der Waals surface area contributed by atoms with Crippen LogP contribution in [-0.2, 0) is 23.1 Å². The molecule has 5 nitrogen and oxygen atoms in total. The first-order chi connectivity index (χ1) is 12.9. The number of sulfonamides is 1. The van der Waals surface area contributed by atoms with Gasteiger partial charge in [0.15, 0.2) is 0 Å². The third-order valence-electron chi connectivity index (χ3n) is 4.26. The van der Waals surface area contributed by atoms with Crippen LogP contribution in [0.15, 0.2) is 65.7 Å². The molecule has 0 unspecified atom stereocenters. The molecule has 2 aromatic carbocycles. The van der Waals surface area contributed by atoms with Gasteiger partial charge in [-0.05, 0) is 42.8 Å². The molecule has 3 aromatic rings. The molecular formula is C20H21ClN2O3S. The van der Waals surface area contributed by atoms with E-state index in [0.29, 0.717) is 11.6 Å². The van der Waals surface area contributed by atoms with Crippen molar-refractivity contribution in [3.63, 3.8) is 0 Å². The van der Waals surface area contributed by atoms with E-state index in [2.05, 4.69) is 29.0 Å². The number of benzene rings is 2. The van der Waals surface area contributed by atoms with Gasteiger partial charge in [-0.15, -0.1) is 0 Å². The fourth-order valence-corrected chi connectivity index (χ4v) is 4.19. The predicted molar refractivity (Wildman–Crippen MR) is 107 cm³/mol. The largest absolute Gasteiger partial charge is 0.495 e. The number of hydrogen-bond acceptors (Lipinski definition) is 3. The summed E-state index contributed by atoms with van der Waals surface area (Å²) >= 11 is 5.95. The van der Waals surface area contributed by atoms with Crippen molar-refractivity contribution in [3.8, 4) is 5.75 Å². The van der Waals surface area contributed by atoms with Gasteiger partial charge in [-0.25, -0.2) is 13.1 Å². The molecule has 0 aliphatic rings. The Morgan fingerprint density at radius 2 is 1.85 bits per heavy atom. The van der Waals surface area contributed by atoms with Crippen molar-refractivity contribution in [3.05, 3.63) is 82.6 Å². The van der Waals surface area contributed by atoms with Gasteiger partial charge in [-0.2, -0.15) is 0 Å². The van der Waals surface area contributed by atoms with Gasteiger partial charge in [0.25, 0.3) is 0 Å². The van der Waals surface area contributed by atoms with Crippen LogP contribution >= 0.6 is 11.6 Å². The molecule has 1 aromatic heterocycles. The lowest BCUT2D eigenvalue weighted by molar-refractivity contribution is 0.402. The van der Waals surface area contributed by atoms with Crippen LogP contribution in [0.25, 0.3) is 0 Å². The molecule has 0 spiro atoms. The number of nitrogens with zero attached hydrogens (tertiary/aromatic N) is 1. The Morgan fingerprint density at radius 1 is 1.11 bits per heavy atom. The van der Waals surface area contributed by atoms with Gasteiger partial charge in [0.1, 0.15) is 10.6 Å². The molecule has 7 heteroatoms. The summed E-state index contributed by atoms with van der Waals surface area (Å²) in [5.41, 5.74) is 3.22. The van der Waals surface area contributed by atoms with Crippen LogP contribution in [0.2, 0.25) is 5.02 Å². The molecule has 0 bridgehead atoms. The van der Waals surface area contributed by atoms with Crippen molar-refractivity contribution < 1.29 is 13.2 Å². The van der Waals surface area contributed by atoms with Crippen molar-refractivity contribution in [1.29, 1.82) is 0 Å². The Kier molecular flexibility index (Phi) is 5.89. The van der Waals surface area contributed by atoms with Gasteiger partial charge in [0.2, 0.25) is 10.0 Å². The second-order valence-corrected chi connectivity index (χ2v) is 8.40. The molecule has 142 valence electrons. The van der Waals surface area contributed by atoms with Crippen LogP contribution in [0.1, 0.15) is 16.8 Å². The minimum atomic E-state index is -3.77. The molecule has 0 atom stereocenters. The smallest absolute Gasteiger partial charge is 0.244 e. The molecular weight excluding hydrogens is 384 g/mol. The summed E-state index contributed by atoms with van der Waals surface area (Å²) in [5, 5.41) is 0.332. The second kappa shape index (κ2) is 8.17. The minimum absolute atomic E-state index is 0.0224. The van der Waals surface area contributed by atoms with Gasteiger partial charge in [-0.1, -0.05) is 41.4 Å². The summed E-state index contributed by atoms with van der Waals surface area (Å²) in [6, 6.07) is 16.6. The number of hydrogen-bond donors (Lipinski definition) is 1. The Hall–Kier alpha value is -2.28. The van der Waals surface area contributed by atoms with Gasteiger partial charge >= 0.3 is 0 Å². The minimum Gasteiger partial charge on any atom is -0.495 e. The zero-order valence-corrected chi connectivity index (χ0v) is 16.7. The fourth-order valence-electron chi connectivity index (χ4n) is 2.76. The van der Waals surface area contributed by atoms with Crippen molar-refractivity contribution in [2.45, 2.75) is 24.9 Å². The highest BCUT2D eigenvalue weighted by molar-refractivity contribution is 7.89. The molecule has 0 amide bonds. The first-order valence-corrected chi connectivity index (χ1v) is 10.3. The van der Waals surface area contributed by atoms with Gasteiger partial charge in [-0.3, -0.25) is 0 Å². The van der Waals surface area contributed by atoms with Crippen LogP contribution in [-0.4, -0.2) is 20.1 Å². The number of rotatable bonds is 7. The SMILES string of the molecule is COc1ccc(Cl)cc1S(=O)(=O)NCc1cccn1Cc1ccc(C)cc1. The third kappa shape index (κ3) is 4.71. The Bertz CT molecular complexity index is 1030. The van der Waals surface area contributed by atoms with E-state index in [9.17, 15) is 8.42 Å². The van der Waals surface area contributed by atoms with E-state index in [0.717, 1.165) is 11.3 Å². The van der Waals surface area contributed by atoms with Gasteiger partial charge < -0.3 is 9.30 Å². The van der Waals surface area contributed by atoms with Crippen molar-refractivity contribution in [1.82, 2.24) is 9.29 Å². The second-order valence-electron chi connectivity index (χ2n) is 6.23. The Labute approximate surface area is 164 Å². The van der Waals surface area contributed by atoms with E-state index in [-0.39, 0.29) is 17.2 Å². The van der Waals surface area contributed by atoms with E-state index < -0.39 is 10.0 Å². The summed E-state index contributed by atoms with van der Waals surface area (Å²) in [5.74, 6) is 0.252. The number of methoxy groups -OCH3 is 1. The quantitative estimate of drug-likeness (QED) is 0.647. The molecule has 0 radical (unpaired) electrons. The average molecular weight is 405 g/mol. The summed E-state index contributed by atoms with van der Waals surface area (Å²) in [7, 11) is -2.34. The number of aryl methyl sites for hydroxylation is 1. The molecule has 27 heavy (non-hydrogen) atoms. The van der Waals surface area contributed by atoms with E-state index in [4.69, 9.17) is 16.3 Å². The molecule has 0 fully saturated rings. The standard InChI is InChI=1S/C20H21ClN2O3S/c1-15-5-7-16(8-6-15)14-23-11-3-4-18(23)13-22-27(24,25)20-12-17(21)9-10-19(20)26-2/h3-12,22H,13-14H2,1-2H3. The Morgan fingerprint density at radius 3 is 2.56 bits per heavy atom. The monoisotopic (exact) mass is 404 g/mol. The molecule has 1 heterocycles. The molecule has 1 N–H and O–H groups in total. The molecule has 0 aliphatic heterocycles. The number of ether oxygens (including phenoxy) is 1. The van der Waals surface area contributed by atoms with E-state index in [1.807, 2.05) is 29.8 Å². The maximum absolute atomic E-state index is 12.7. The topological polar surface area (TPSA) is 60.3 Å². The first-order valence-electron chi connectivity index (χ1n) is 8.42. The molecule has 0 saturated heterocycles. The van der Waals surface area contributed by atoms with E-state index >= 15 is 0 Å². The van der Waals surface area contributed by atoms with Crippen LogP contribution in [0, 0.1) is 6.92 Å². The predicted octanol–water partition coefficient (Wildman–Crippen LogP) is 3.99. The van der Waals surface area contributed by atoms with Crippen LogP contribution in [0.3, 0.4) is 0 Å². The number of nitrogens with one attached hydrogen (secondary N) is 1. The lowest BCUT2D eigenvalue weighted by Crippen LogP contribution is -2.25. The Balaban J connectivity index is 1.76. The highest BCUT2D eigenvalue weighted by Gasteiger charge is 2.20. The van der Waals surface area contributed by atoms with Crippen molar-refractivity contribution in [2.24, 2.45) is 0 Å². The van der Waals surface area contributed by atoms with Crippen molar-refractivity contribution in [2.75, 3.05) is 7.11 Å². The molecule has 0 saturated carbocycles. The number of aromatic nitrogens is 1. The maximum Gasteiger partial charge on any atom is 0.244 e. The van der Waals surface area contributed by atoms with Crippen LogP contribution in [0.4, 0.5) is 0 Å². The summed E-state index contributed by atoms with van der Waals surface area (Å²) in [4.78, 5) is 0.0224. The molecule has 3 rings (SSSR count). The van der Waals surface area contributed by atoms with Crippen LogP contribution < -0.4 is 9.46 Å². The lowest BCUT2D eigenvalue weighted by atomic mass is 10.1. The summed E-state index contributed by atoms with van der Waals surface area (Å²) in [6.45, 7) is 2.88. The first kappa shape index (κ1) is 19.5. The third-order valence-corrected chi connectivity index (χ3v) is 5.91. The van der Waals surface area contributed by atoms with Crippen molar-refractivity contribution >= 4 is 21.6 Å². The zero-order chi connectivity index (χ0) is 19.4. The highest BCUT2D eigenvalue weighted by Crippen LogP contribution is 2.27. The highest BCUT2D eigenvalue weighted by atomic mass is 35.5. The van der Waals surface area contributed by atoms with Gasteiger partial charge in [0.05, 0.1) is 13.7 Å². The van der Waals surface area contributed by atoms with Crippen LogP contribution in [0.5, 0.6) is 5.75 Å². The maximum atomic E-state index is 12.7. The summed E-state index contributed by atoms with van der Waals surface area (Å²) in [6.07, 6.45) is 1.93. The lowest BCUT2D eigenvalue weighted by Gasteiger charge is -2.13. The fraction of sp³-hybridized carbons (Fsp3) is 0.200.